The van der Waals surface area contributed by atoms with Crippen LogP contribution in [0.4, 0.5) is 0 Å². The monoisotopic (exact) mass is 226 g/mol. The highest BCUT2D eigenvalue weighted by Gasteiger charge is 2.07. The molecular formula is C15H16NO+. The van der Waals surface area contributed by atoms with Crippen LogP contribution >= 0.6 is 0 Å². The van der Waals surface area contributed by atoms with Crippen molar-refractivity contribution in [1.29, 1.82) is 0 Å². The van der Waals surface area contributed by atoms with Gasteiger partial charge in [-0.25, -0.2) is 4.57 Å². The van der Waals surface area contributed by atoms with E-state index >= 15 is 0 Å². The number of nitrogens with zero attached hydrogens (tertiary/aromatic N) is 1. The molecule has 0 N–H and O–H groups in total. The molecule has 0 fully saturated rings. The Kier molecular flexibility index (Phi) is 3.66. The number of ketones is 1. The lowest BCUT2D eigenvalue weighted by molar-refractivity contribution is -0.671. The van der Waals surface area contributed by atoms with Gasteiger partial charge in [-0.1, -0.05) is 30.3 Å². The zero-order chi connectivity index (χ0) is 12.1. The molecule has 2 aromatic rings. The van der Waals surface area contributed by atoms with Gasteiger partial charge in [-0.2, -0.15) is 0 Å². The molecule has 1 aromatic heterocycles. The van der Waals surface area contributed by atoms with Gasteiger partial charge in [0.1, 0.15) is 7.05 Å². The third-order valence-corrected chi connectivity index (χ3v) is 2.78. The van der Waals surface area contributed by atoms with Crippen LogP contribution in [0.3, 0.4) is 0 Å². The molecule has 0 saturated heterocycles. The topological polar surface area (TPSA) is 20.9 Å². The SMILES string of the molecule is C[n+]1ccc(C(=O)CCc2ccccc2)cc1. The second-order valence-corrected chi connectivity index (χ2v) is 4.16. The average Bonchev–Trinajstić information content (AvgIpc) is 2.38. The molecule has 0 bridgehead atoms. The van der Waals surface area contributed by atoms with E-state index in [0.717, 1.165) is 12.0 Å². The number of benzene rings is 1. The molecule has 17 heavy (non-hydrogen) atoms. The molecule has 0 saturated carbocycles. The van der Waals surface area contributed by atoms with E-state index < -0.39 is 0 Å². The number of rotatable bonds is 4. The Morgan fingerprint density at radius 2 is 1.71 bits per heavy atom. The van der Waals surface area contributed by atoms with Crippen molar-refractivity contribution in [2.24, 2.45) is 7.05 Å². The largest absolute Gasteiger partial charge is 0.294 e. The summed E-state index contributed by atoms with van der Waals surface area (Å²) in [6.07, 6.45) is 5.17. The summed E-state index contributed by atoms with van der Waals surface area (Å²) >= 11 is 0. The van der Waals surface area contributed by atoms with Crippen molar-refractivity contribution >= 4 is 5.78 Å². The third-order valence-electron chi connectivity index (χ3n) is 2.78. The molecule has 1 aromatic carbocycles. The maximum atomic E-state index is 11.9. The number of Topliss-reactive ketones (excluding diaryl/α,β-unsaturated/α-hetero) is 1. The van der Waals surface area contributed by atoms with E-state index in [2.05, 4.69) is 12.1 Å². The number of carbonyl (C=O) groups excluding carboxylic acids is 1. The fourth-order valence-corrected chi connectivity index (χ4v) is 1.73. The highest BCUT2D eigenvalue weighted by Crippen LogP contribution is 2.07. The molecule has 0 atom stereocenters. The van der Waals surface area contributed by atoms with Crippen molar-refractivity contribution in [3.05, 3.63) is 66.0 Å². The molecule has 0 aliphatic heterocycles. The van der Waals surface area contributed by atoms with Crippen molar-refractivity contribution in [1.82, 2.24) is 0 Å². The van der Waals surface area contributed by atoms with E-state index in [0.29, 0.717) is 6.42 Å². The summed E-state index contributed by atoms with van der Waals surface area (Å²) in [6, 6.07) is 13.8. The zero-order valence-electron chi connectivity index (χ0n) is 9.97. The zero-order valence-corrected chi connectivity index (χ0v) is 9.97. The highest BCUT2D eigenvalue weighted by atomic mass is 16.1. The molecule has 0 spiro atoms. The number of aryl methyl sites for hydroxylation is 2. The average molecular weight is 226 g/mol. The molecule has 2 rings (SSSR count). The van der Waals surface area contributed by atoms with Gasteiger partial charge >= 0.3 is 0 Å². The number of carbonyl (C=O) groups is 1. The maximum Gasteiger partial charge on any atom is 0.169 e. The fraction of sp³-hybridized carbons (Fsp3) is 0.200. The molecule has 0 radical (unpaired) electrons. The molecule has 0 aliphatic rings. The summed E-state index contributed by atoms with van der Waals surface area (Å²) in [5.74, 6) is 0.203. The minimum atomic E-state index is 0.203. The van der Waals surface area contributed by atoms with Crippen LogP contribution in [0.25, 0.3) is 0 Å². The first-order chi connectivity index (χ1) is 8.25. The van der Waals surface area contributed by atoms with Crippen molar-refractivity contribution in [2.45, 2.75) is 12.8 Å². The molecule has 0 aliphatic carbocycles. The van der Waals surface area contributed by atoms with Gasteiger partial charge in [-0.15, -0.1) is 0 Å². The number of aromatic nitrogens is 1. The summed E-state index contributed by atoms with van der Waals surface area (Å²) in [4.78, 5) is 11.9. The van der Waals surface area contributed by atoms with Gasteiger partial charge in [-0.3, -0.25) is 4.79 Å². The Morgan fingerprint density at radius 1 is 1.06 bits per heavy atom. The van der Waals surface area contributed by atoms with Gasteiger partial charge in [0.05, 0.1) is 0 Å². The van der Waals surface area contributed by atoms with Crippen LogP contribution in [0.15, 0.2) is 54.9 Å². The van der Waals surface area contributed by atoms with E-state index in [1.807, 2.05) is 54.3 Å². The van der Waals surface area contributed by atoms with Gasteiger partial charge in [0.15, 0.2) is 18.2 Å². The standard InChI is InChI=1S/C15H16NO/c1-16-11-9-14(10-12-16)15(17)8-7-13-5-3-2-4-6-13/h2-6,9-12H,7-8H2,1H3/q+1. The molecule has 1 heterocycles. The van der Waals surface area contributed by atoms with Crippen LogP contribution in [0.5, 0.6) is 0 Å². The Balaban J connectivity index is 1.96. The van der Waals surface area contributed by atoms with Crippen LogP contribution in [0.1, 0.15) is 22.3 Å². The van der Waals surface area contributed by atoms with Crippen molar-refractivity contribution in [3.8, 4) is 0 Å². The highest BCUT2D eigenvalue weighted by molar-refractivity contribution is 5.95. The summed E-state index contributed by atoms with van der Waals surface area (Å²) in [7, 11) is 1.94. The lowest BCUT2D eigenvalue weighted by Crippen LogP contribution is -2.26. The number of hydrogen-bond donors (Lipinski definition) is 0. The summed E-state index contributed by atoms with van der Waals surface area (Å²) < 4.78 is 1.92. The van der Waals surface area contributed by atoms with Crippen molar-refractivity contribution in [3.63, 3.8) is 0 Å². The maximum absolute atomic E-state index is 11.9. The van der Waals surface area contributed by atoms with Crippen LogP contribution in [-0.4, -0.2) is 5.78 Å². The van der Waals surface area contributed by atoms with Gasteiger partial charge in [0, 0.05) is 24.1 Å². The van der Waals surface area contributed by atoms with Gasteiger partial charge in [0.25, 0.3) is 0 Å². The third kappa shape index (κ3) is 3.25. The Hall–Kier alpha value is -1.96. The van der Waals surface area contributed by atoms with E-state index in [1.165, 1.54) is 5.56 Å². The summed E-state index contributed by atoms with van der Waals surface area (Å²) in [6.45, 7) is 0. The first-order valence-corrected chi connectivity index (χ1v) is 5.78. The van der Waals surface area contributed by atoms with Gasteiger partial charge in [-0.05, 0) is 12.0 Å². The molecule has 0 unspecified atom stereocenters. The van der Waals surface area contributed by atoms with E-state index in [4.69, 9.17) is 0 Å². The molecule has 0 amide bonds. The minimum Gasteiger partial charge on any atom is -0.294 e. The molecule has 86 valence electrons. The Morgan fingerprint density at radius 3 is 2.35 bits per heavy atom. The first-order valence-electron chi connectivity index (χ1n) is 5.78. The molecule has 2 heteroatoms. The van der Waals surface area contributed by atoms with Crippen molar-refractivity contribution in [2.75, 3.05) is 0 Å². The normalized spacial score (nSPS) is 10.2. The van der Waals surface area contributed by atoms with E-state index in [1.54, 1.807) is 0 Å². The number of pyridine rings is 1. The van der Waals surface area contributed by atoms with Crippen LogP contribution in [0, 0.1) is 0 Å². The Bertz CT molecular complexity index is 488. The molecular weight excluding hydrogens is 210 g/mol. The minimum absolute atomic E-state index is 0.203. The number of hydrogen-bond acceptors (Lipinski definition) is 1. The second-order valence-electron chi connectivity index (χ2n) is 4.16. The predicted molar refractivity (Wildman–Crippen MR) is 66.7 cm³/mol. The van der Waals surface area contributed by atoms with Crippen LogP contribution < -0.4 is 4.57 Å². The second kappa shape index (κ2) is 5.39. The molecule has 2 nitrogen and oxygen atoms in total. The predicted octanol–water partition coefficient (Wildman–Crippen LogP) is 2.33. The van der Waals surface area contributed by atoms with Gasteiger partial charge < -0.3 is 0 Å². The Labute approximate surface area is 102 Å². The van der Waals surface area contributed by atoms with E-state index in [-0.39, 0.29) is 5.78 Å². The van der Waals surface area contributed by atoms with Crippen LogP contribution in [0.2, 0.25) is 0 Å². The van der Waals surface area contributed by atoms with Gasteiger partial charge in [0.2, 0.25) is 0 Å². The smallest absolute Gasteiger partial charge is 0.169 e. The quantitative estimate of drug-likeness (QED) is 0.579. The van der Waals surface area contributed by atoms with Crippen LogP contribution in [-0.2, 0) is 13.5 Å². The fourth-order valence-electron chi connectivity index (χ4n) is 1.73. The van der Waals surface area contributed by atoms with E-state index in [9.17, 15) is 4.79 Å². The summed E-state index contributed by atoms with van der Waals surface area (Å²) in [5.41, 5.74) is 2.00. The van der Waals surface area contributed by atoms with Crippen molar-refractivity contribution < 1.29 is 9.36 Å². The lowest BCUT2D eigenvalue weighted by atomic mass is 10.0. The lowest BCUT2D eigenvalue weighted by Gasteiger charge is -2.00. The summed E-state index contributed by atoms with van der Waals surface area (Å²) in [5, 5.41) is 0. The first kappa shape index (κ1) is 11.5.